The van der Waals surface area contributed by atoms with Crippen molar-refractivity contribution in [1.82, 2.24) is 9.21 Å². The number of piperazine rings is 1. The molecule has 1 atom stereocenters. The fraction of sp³-hybridized carbons (Fsp3) is 0.409. The minimum atomic E-state index is -3.49. The van der Waals surface area contributed by atoms with E-state index in [1.807, 2.05) is 35.7 Å². The summed E-state index contributed by atoms with van der Waals surface area (Å²) in [6.07, 6.45) is 4.78. The average Bonchev–Trinajstić information content (AvgIpc) is 3.15. The van der Waals surface area contributed by atoms with Crippen LogP contribution in [0.3, 0.4) is 0 Å². The SMILES string of the molecule is CC1CCc2c(C(=O)N3CCN(S(=O)(=O)/C=C/c4ccccc4)CC3)csc2C1. The third kappa shape index (κ3) is 4.47. The molecule has 5 nitrogen and oxygen atoms in total. The monoisotopic (exact) mass is 430 g/mol. The van der Waals surface area contributed by atoms with Gasteiger partial charge >= 0.3 is 0 Å². The first-order chi connectivity index (χ1) is 13.9. The van der Waals surface area contributed by atoms with E-state index in [1.165, 1.54) is 20.2 Å². The Morgan fingerprint density at radius 1 is 1.14 bits per heavy atom. The predicted octanol–water partition coefficient (Wildman–Crippen LogP) is 3.63. The van der Waals surface area contributed by atoms with Crippen LogP contribution in [0.5, 0.6) is 0 Å². The Morgan fingerprint density at radius 2 is 1.86 bits per heavy atom. The molecule has 7 heteroatoms. The molecule has 0 radical (unpaired) electrons. The van der Waals surface area contributed by atoms with Gasteiger partial charge in [0.05, 0.1) is 5.56 Å². The van der Waals surface area contributed by atoms with Gasteiger partial charge in [-0.3, -0.25) is 4.79 Å². The third-order valence-corrected chi connectivity index (χ3v) is 8.37. The molecule has 1 aromatic carbocycles. The van der Waals surface area contributed by atoms with E-state index in [1.54, 1.807) is 22.3 Å². The van der Waals surface area contributed by atoms with Crippen molar-refractivity contribution in [3.05, 3.63) is 62.7 Å². The van der Waals surface area contributed by atoms with Gasteiger partial charge in [-0.25, -0.2) is 8.42 Å². The summed E-state index contributed by atoms with van der Waals surface area (Å²) in [5.41, 5.74) is 2.90. The van der Waals surface area contributed by atoms with E-state index in [0.717, 1.165) is 30.4 Å². The van der Waals surface area contributed by atoms with Crippen LogP contribution in [0.1, 0.15) is 39.7 Å². The van der Waals surface area contributed by atoms with Gasteiger partial charge in [0.15, 0.2) is 0 Å². The maximum atomic E-state index is 13.0. The maximum Gasteiger partial charge on any atom is 0.255 e. The van der Waals surface area contributed by atoms with E-state index in [-0.39, 0.29) is 5.91 Å². The van der Waals surface area contributed by atoms with Crippen molar-refractivity contribution < 1.29 is 13.2 Å². The summed E-state index contributed by atoms with van der Waals surface area (Å²) in [6.45, 7) is 3.78. The molecule has 154 valence electrons. The van der Waals surface area contributed by atoms with Gasteiger partial charge in [0.25, 0.3) is 5.91 Å². The van der Waals surface area contributed by atoms with Crippen molar-refractivity contribution >= 4 is 33.3 Å². The number of benzene rings is 1. The van der Waals surface area contributed by atoms with Crippen LogP contribution in [0.15, 0.2) is 41.1 Å². The lowest BCUT2D eigenvalue weighted by atomic mass is 9.88. The van der Waals surface area contributed by atoms with Crippen LogP contribution in [0, 0.1) is 5.92 Å². The Morgan fingerprint density at radius 3 is 2.59 bits per heavy atom. The van der Waals surface area contributed by atoms with Crippen LogP contribution in [0.25, 0.3) is 6.08 Å². The van der Waals surface area contributed by atoms with E-state index in [0.29, 0.717) is 32.1 Å². The average molecular weight is 431 g/mol. The van der Waals surface area contributed by atoms with E-state index >= 15 is 0 Å². The highest BCUT2D eigenvalue weighted by molar-refractivity contribution is 7.92. The van der Waals surface area contributed by atoms with Crippen LogP contribution in [-0.2, 0) is 22.9 Å². The third-order valence-electron chi connectivity index (χ3n) is 5.75. The van der Waals surface area contributed by atoms with E-state index in [9.17, 15) is 13.2 Å². The Hall–Kier alpha value is -1.96. The second kappa shape index (κ2) is 8.42. The van der Waals surface area contributed by atoms with Crippen molar-refractivity contribution in [2.75, 3.05) is 26.2 Å². The molecule has 2 aromatic rings. The first-order valence-electron chi connectivity index (χ1n) is 10.1. The molecule has 1 fully saturated rings. The molecule has 1 aliphatic carbocycles. The highest BCUT2D eigenvalue weighted by Gasteiger charge is 2.30. The number of carbonyl (C=O) groups is 1. The summed E-state index contributed by atoms with van der Waals surface area (Å²) in [5.74, 6) is 0.732. The Balaban J connectivity index is 1.39. The summed E-state index contributed by atoms with van der Waals surface area (Å²) in [5, 5.41) is 3.26. The number of hydrogen-bond donors (Lipinski definition) is 0. The van der Waals surface area contributed by atoms with E-state index in [2.05, 4.69) is 6.92 Å². The molecule has 0 bridgehead atoms. The Labute approximate surface area is 176 Å². The van der Waals surface area contributed by atoms with Gasteiger partial charge in [0, 0.05) is 41.8 Å². The number of fused-ring (bicyclic) bond motifs is 1. The number of sulfonamides is 1. The van der Waals surface area contributed by atoms with Gasteiger partial charge < -0.3 is 4.90 Å². The zero-order valence-corrected chi connectivity index (χ0v) is 18.2. The highest BCUT2D eigenvalue weighted by Crippen LogP contribution is 2.33. The molecule has 0 spiro atoms. The minimum absolute atomic E-state index is 0.0499. The number of thiophene rings is 1. The first-order valence-corrected chi connectivity index (χ1v) is 12.4. The summed E-state index contributed by atoms with van der Waals surface area (Å²) >= 11 is 1.69. The smallest absolute Gasteiger partial charge is 0.255 e. The van der Waals surface area contributed by atoms with Gasteiger partial charge in [0.1, 0.15) is 0 Å². The lowest BCUT2D eigenvalue weighted by Gasteiger charge is -2.33. The minimum Gasteiger partial charge on any atom is -0.336 e. The zero-order chi connectivity index (χ0) is 20.4. The van der Waals surface area contributed by atoms with Gasteiger partial charge in [-0.15, -0.1) is 11.3 Å². The summed E-state index contributed by atoms with van der Waals surface area (Å²) in [4.78, 5) is 16.2. The summed E-state index contributed by atoms with van der Waals surface area (Å²) in [7, 11) is -3.49. The normalized spacial score (nSPS) is 20.7. The largest absolute Gasteiger partial charge is 0.336 e. The molecule has 1 unspecified atom stereocenters. The highest BCUT2D eigenvalue weighted by atomic mass is 32.2. The van der Waals surface area contributed by atoms with E-state index in [4.69, 9.17) is 0 Å². The van der Waals surface area contributed by atoms with Gasteiger partial charge in [-0.2, -0.15) is 4.31 Å². The molecule has 1 aromatic heterocycles. The van der Waals surface area contributed by atoms with Crippen LogP contribution in [0.2, 0.25) is 0 Å². The van der Waals surface area contributed by atoms with Crippen LogP contribution < -0.4 is 0 Å². The number of hydrogen-bond acceptors (Lipinski definition) is 4. The topological polar surface area (TPSA) is 57.7 Å². The molecular weight excluding hydrogens is 404 g/mol. The van der Waals surface area contributed by atoms with Gasteiger partial charge in [0.2, 0.25) is 10.0 Å². The first kappa shape index (κ1) is 20.3. The van der Waals surface area contributed by atoms with Crippen molar-refractivity contribution in [1.29, 1.82) is 0 Å². The predicted molar refractivity (Wildman–Crippen MR) is 117 cm³/mol. The van der Waals surface area contributed by atoms with Crippen molar-refractivity contribution in [2.45, 2.75) is 26.2 Å². The second-order valence-electron chi connectivity index (χ2n) is 7.85. The lowest BCUT2D eigenvalue weighted by Crippen LogP contribution is -2.50. The molecule has 2 heterocycles. The van der Waals surface area contributed by atoms with Crippen LogP contribution >= 0.6 is 11.3 Å². The van der Waals surface area contributed by atoms with Crippen molar-refractivity contribution in [3.8, 4) is 0 Å². The maximum absolute atomic E-state index is 13.0. The Kier molecular flexibility index (Phi) is 5.90. The number of nitrogens with zero attached hydrogens (tertiary/aromatic N) is 2. The van der Waals surface area contributed by atoms with Crippen molar-refractivity contribution in [2.24, 2.45) is 5.92 Å². The number of carbonyl (C=O) groups excluding carboxylic acids is 1. The lowest BCUT2D eigenvalue weighted by molar-refractivity contribution is 0.0697. The van der Waals surface area contributed by atoms with Gasteiger partial charge in [-0.05, 0) is 42.4 Å². The van der Waals surface area contributed by atoms with Crippen LogP contribution in [-0.4, -0.2) is 49.7 Å². The number of amides is 1. The fourth-order valence-corrected chi connectivity index (χ4v) is 6.40. The molecule has 4 rings (SSSR count). The molecule has 0 saturated carbocycles. The van der Waals surface area contributed by atoms with Gasteiger partial charge in [-0.1, -0.05) is 37.3 Å². The fourth-order valence-electron chi connectivity index (χ4n) is 3.99. The molecule has 1 aliphatic heterocycles. The number of rotatable bonds is 4. The molecule has 2 aliphatic rings. The second-order valence-corrected chi connectivity index (χ2v) is 10.6. The standard InChI is InChI=1S/C22H26N2O3S2/c1-17-7-8-19-20(16-28-21(19)15-17)22(25)23-10-12-24(13-11-23)29(26,27)14-9-18-5-3-2-4-6-18/h2-6,9,14,16-17H,7-8,10-13,15H2,1H3/b14-9+. The Bertz CT molecular complexity index is 1000. The zero-order valence-electron chi connectivity index (χ0n) is 16.6. The summed E-state index contributed by atoms with van der Waals surface area (Å²) < 4.78 is 26.7. The molecule has 1 saturated heterocycles. The van der Waals surface area contributed by atoms with Crippen LogP contribution in [0.4, 0.5) is 0 Å². The molecule has 29 heavy (non-hydrogen) atoms. The summed E-state index contributed by atoms with van der Waals surface area (Å²) in [6, 6.07) is 9.38. The molecule has 0 N–H and O–H groups in total. The molecule has 1 amide bonds. The van der Waals surface area contributed by atoms with E-state index < -0.39 is 10.0 Å². The van der Waals surface area contributed by atoms with Crippen molar-refractivity contribution in [3.63, 3.8) is 0 Å². The quantitative estimate of drug-likeness (QED) is 0.744. The molecular formula is C22H26N2O3S2.